The zero-order valence-corrected chi connectivity index (χ0v) is 14.0. The number of rotatable bonds is 2. The van der Waals surface area contributed by atoms with Crippen LogP contribution in [-0.4, -0.2) is 59.0 Å². The second-order valence-electron chi connectivity index (χ2n) is 6.72. The molecule has 1 saturated heterocycles. The molecule has 1 aromatic heterocycles. The van der Waals surface area contributed by atoms with Crippen molar-refractivity contribution in [2.45, 2.75) is 39.3 Å². The second kappa shape index (κ2) is 6.70. The predicted octanol–water partition coefficient (Wildman–Crippen LogP) is 1.95. The van der Waals surface area contributed by atoms with Gasteiger partial charge in [0.25, 0.3) is 0 Å². The molecular formula is C16H24FN3O3. The first-order valence-corrected chi connectivity index (χ1v) is 7.69. The smallest absolute Gasteiger partial charge is 0.410 e. The Morgan fingerprint density at radius 2 is 2.17 bits per heavy atom. The molecule has 1 N–H and O–H groups in total. The minimum absolute atomic E-state index is 0.200. The van der Waals surface area contributed by atoms with Crippen LogP contribution in [0.1, 0.15) is 26.3 Å². The van der Waals surface area contributed by atoms with Crippen molar-refractivity contribution in [3.05, 3.63) is 23.6 Å². The van der Waals surface area contributed by atoms with Gasteiger partial charge in [0.05, 0.1) is 12.6 Å². The van der Waals surface area contributed by atoms with Crippen LogP contribution in [0.25, 0.3) is 0 Å². The third-order valence-electron chi connectivity index (χ3n) is 3.68. The van der Waals surface area contributed by atoms with E-state index in [1.165, 1.54) is 4.90 Å². The Labute approximate surface area is 135 Å². The summed E-state index contributed by atoms with van der Waals surface area (Å²) in [5, 5.41) is 9.64. The van der Waals surface area contributed by atoms with Crippen LogP contribution in [0.15, 0.2) is 12.3 Å². The number of amides is 1. The molecule has 1 atom stereocenters. The van der Waals surface area contributed by atoms with Crippen molar-refractivity contribution in [1.82, 2.24) is 9.88 Å². The molecule has 0 bridgehead atoms. The summed E-state index contributed by atoms with van der Waals surface area (Å²) in [6, 6.07) is 1.18. The number of ether oxygens (including phenoxy) is 1. The van der Waals surface area contributed by atoms with Gasteiger partial charge in [0, 0.05) is 25.8 Å². The van der Waals surface area contributed by atoms with Gasteiger partial charge in [-0.15, -0.1) is 0 Å². The summed E-state index contributed by atoms with van der Waals surface area (Å²) in [5.41, 5.74) is -0.0751. The Morgan fingerprint density at radius 1 is 1.48 bits per heavy atom. The number of aliphatic hydroxyl groups is 1. The SMILES string of the molecule is Cc1ccnc(N2CCN(C(=O)OC(C)(C)C)C[C@H]2CO)c1F. The molecule has 128 valence electrons. The van der Waals surface area contributed by atoms with Crippen molar-refractivity contribution >= 4 is 11.9 Å². The van der Waals surface area contributed by atoms with E-state index in [0.717, 1.165) is 0 Å². The molecule has 1 aliphatic heterocycles. The van der Waals surface area contributed by atoms with E-state index in [2.05, 4.69) is 4.98 Å². The van der Waals surface area contributed by atoms with Crippen molar-refractivity contribution in [2.75, 3.05) is 31.1 Å². The zero-order chi connectivity index (χ0) is 17.2. The number of nitrogens with zero attached hydrogens (tertiary/aromatic N) is 3. The Balaban J connectivity index is 2.13. The Hall–Kier alpha value is -1.89. The molecule has 0 saturated carbocycles. The fourth-order valence-electron chi connectivity index (χ4n) is 2.51. The van der Waals surface area contributed by atoms with Gasteiger partial charge in [-0.25, -0.2) is 14.2 Å². The number of carbonyl (C=O) groups excluding carboxylic acids is 1. The van der Waals surface area contributed by atoms with E-state index in [4.69, 9.17) is 4.74 Å². The molecule has 2 heterocycles. The average Bonchev–Trinajstić information content (AvgIpc) is 2.48. The standard InChI is InChI=1S/C16H24FN3O3/c1-11-5-6-18-14(13(11)17)20-8-7-19(9-12(20)10-21)15(22)23-16(2,3)4/h5-6,12,21H,7-10H2,1-4H3/t12-/m0/s1. The topological polar surface area (TPSA) is 65.9 Å². The van der Waals surface area contributed by atoms with Gasteiger partial charge in [-0.3, -0.25) is 0 Å². The number of anilines is 1. The molecule has 0 radical (unpaired) electrons. The first-order valence-electron chi connectivity index (χ1n) is 7.69. The van der Waals surface area contributed by atoms with E-state index < -0.39 is 23.6 Å². The molecule has 23 heavy (non-hydrogen) atoms. The van der Waals surface area contributed by atoms with Crippen molar-refractivity contribution in [3.8, 4) is 0 Å². The molecule has 6 nitrogen and oxygen atoms in total. The van der Waals surface area contributed by atoms with Crippen molar-refractivity contribution in [1.29, 1.82) is 0 Å². The Bertz CT molecular complexity index is 574. The molecule has 7 heteroatoms. The predicted molar refractivity (Wildman–Crippen MR) is 85.0 cm³/mol. The highest BCUT2D eigenvalue weighted by molar-refractivity contribution is 5.68. The highest BCUT2D eigenvalue weighted by Gasteiger charge is 2.33. The van der Waals surface area contributed by atoms with Crippen molar-refractivity contribution in [3.63, 3.8) is 0 Å². The van der Waals surface area contributed by atoms with Crippen LogP contribution in [0.2, 0.25) is 0 Å². The average molecular weight is 325 g/mol. The quantitative estimate of drug-likeness (QED) is 0.900. The van der Waals surface area contributed by atoms with E-state index in [1.807, 2.05) is 0 Å². The number of carbonyl (C=O) groups is 1. The van der Waals surface area contributed by atoms with Crippen molar-refractivity contribution in [2.24, 2.45) is 0 Å². The highest BCUT2D eigenvalue weighted by Crippen LogP contribution is 2.24. The lowest BCUT2D eigenvalue weighted by Gasteiger charge is -2.41. The zero-order valence-electron chi connectivity index (χ0n) is 14.0. The number of hydrogen-bond donors (Lipinski definition) is 1. The maximum atomic E-state index is 14.3. The number of hydrogen-bond acceptors (Lipinski definition) is 5. The summed E-state index contributed by atoms with van der Waals surface area (Å²) in [5.74, 6) is -0.176. The number of aryl methyl sites for hydroxylation is 1. The largest absolute Gasteiger partial charge is 0.444 e. The van der Waals surface area contributed by atoms with Crippen LogP contribution < -0.4 is 4.90 Å². The molecule has 1 aromatic rings. The maximum Gasteiger partial charge on any atom is 0.410 e. The van der Waals surface area contributed by atoms with E-state index in [1.54, 1.807) is 44.9 Å². The Kier molecular flexibility index (Phi) is 5.09. The third-order valence-corrected chi connectivity index (χ3v) is 3.68. The van der Waals surface area contributed by atoms with E-state index in [0.29, 0.717) is 18.7 Å². The summed E-state index contributed by atoms with van der Waals surface area (Å²) in [4.78, 5) is 19.5. The van der Waals surface area contributed by atoms with Crippen molar-refractivity contribution < 1.29 is 19.0 Å². The summed E-state index contributed by atoms with van der Waals surface area (Å²) >= 11 is 0. The summed E-state index contributed by atoms with van der Waals surface area (Å²) in [7, 11) is 0. The fraction of sp³-hybridized carbons (Fsp3) is 0.625. The van der Waals surface area contributed by atoms with Crippen LogP contribution in [0.4, 0.5) is 15.0 Å². The van der Waals surface area contributed by atoms with Crippen LogP contribution in [-0.2, 0) is 4.74 Å². The Morgan fingerprint density at radius 3 is 2.78 bits per heavy atom. The van der Waals surface area contributed by atoms with Crippen LogP contribution in [0, 0.1) is 12.7 Å². The molecule has 1 aliphatic rings. The number of aromatic nitrogens is 1. The number of aliphatic hydroxyl groups excluding tert-OH is 1. The molecule has 0 unspecified atom stereocenters. The van der Waals surface area contributed by atoms with Gasteiger partial charge in [-0.05, 0) is 39.3 Å². The first kappa shape index (κ1) is 17.5. The van der Waals surface area contributed by atoms with Gasteiger partial charge in [-0.2, -0.15) is 0 Å². The van der Waals surface area contributed by atoms with Gasteiger partial charge in [0.2, 0.25) is 0 Å². The molecular weight excluding hydrogens is 301 g/mol. The van der Waals surface area contributed by atoms with Crippen LogP contribution in [0.3, 0.4) is 0 Å². The molecule has 1 fully saturated rings. The summed E-state index contributed by atoms with van der Waals surface area (Å²) in [6.07, 6.45) is 1.12. The monoisotopic (exact) mass is 325 g/mol. The first-order chi connectivity index (χ1) is 10.7. The minimum Gasteiger partial charge on any atom is -0.444 e. The van der Waals surface area contributed by atoms with E-state index in [-0.39, 0.29) is 19.0 Å². The fourth-order valence-corrected chi connectivity index (χ4v) is 2.51. The molecule has 0 aromatic carbocycles. The van der Waals surface area contributed by atoms with Crippen LogP contribution in [0.5, 0.6) is 0 Å². The number of halogens is 1. The highest BCUT2D eigenvalue weighted by atomic mass is 19.1. The van der Waals surface area contributed by atoms with E-state index in [9.17, 15) is 14.3 Å². The van der Waals surface area contributed by atoms with Gasteiger partial charge in [0.1, 0.15) is 5.60 Å². The molecule has 0 aliphatic carbocycles. The van der Waals surface area contributed by atoms with Gasteiger partial charge < -0.3 is 19.6 Å². The lowest BCUT2D eigenvalue weighted by molar-refractivity contribution is 0.0196. The van der Waals surface area contributed by atoms with Gasteiger partial charge in [-0.1, -0.05) is 0 Å². The van der Waals surface area contributed by atoms with Gasteiger partial charge in [0.15, 0.2) is 11.6 Å². The second-order valence-corrected chi connectivity index (χ2v) is 6.72. The lowest BCUT2D eigenvalue weighted by Crippen LogP contribution is -2.57. The van der Waals surface area contributed by atoms with E-state index >= 15 is 0 Å². The molecule has 2 rings (SSSR count). The number of piperazine rings is 1. The molecule has 1 amide bonds. The lowest BCUT2D eigenvalue weighted by atomic mass is 10.1. The third kappa shape index (κ3) is 4.10. The van der Waals surface area contributed by atoms with Crippen LogP contribution >= 0.6 is 0 Å². The summed E-state index contributed by atoms with van der Waals surface area (Å²) in [6.45, 7) is 7.92. The molecule has 0 spiro atoms. The summed E-state index contributed by atoms with van der Waals surface area (Å²) < 4.78 is 19.6. The maximum absolute atomic E-state index is 14.3. The minimum atomic E-state index is -0.576. The number of pyridine rings is 1. The van der Waals surface area contributed by atoms with Gasteiger partial charge >= 0.3 is 6.09 Å². The normalized spacial score (nSPS) is 19.0.